The van der Waals surface area contributed by atoms with E-state index in [-0.39, 0.29) is 5.91 Å². The zero-order chi connectivity index (χ0) is 9.14. The van der Waals surface area contributed by atoms with Crippen molar-refractivity contribution in [2.24, 2.45) is 0 Å². The predicted octanol–water partition coefficient (Wildman–Crippen LogP) is 0.605. The van der Waals surface area contributed by atoms with Crippen molar-refractivity contribution in [2.75, 3.05) is 13.1 Å². The lowest BCUT2D eigenvalue weighted by atomic mass is 10.1. The maximum atomic E-state index is 11.4. The number of piperazine rings is 1. The molecular formula is C9H18N2O. The number of hydrogen-bond acceptors (Lipinski definition) is 2. The fourth-order valence-electron chi connectivity index (χ4n) is 1.57. The van der Waals surface area contributed by atoms with Crippen LogP contribution < -0.4 is 5.32 Å². The van der Waals surface area contributed by atoms with Crippen LogP contribution in [0.25, 0.3) is 0 Å². The molecule has 1 N–H and O–H groups in total. The summed E-state index contributed by atoms with van der Waals surface area (Å²) in [5.74, 6) is 0.274. The highest BCUT2D eigenvalue weighted by Crippen LogP contribution is 2.07. The van der Waals surface area contributed by atoms with Gasteiger partial charge in [-0.25, -0.2) is 0 Å². The molecule has 2 atom stereocenters. The molecule has 1 fully saturated rings. The van der Waals surface area contributed by atoms with E-state index in [4.69, 9.17) is 0 Å². The lowest BCUT2D eigenvalue weighted by molar-refractivity contribution is -0.134. The second-order valence-electron chi connectivity index (χ2n) is 3.56. The summed E-state index contributed by atoms with van der Waals surface area (Å²) in [6.45, 7) is 7.90. The van der Waals surface area contributed by atoms with Crippen molar-refractivity contribution in [3.63, 3.8) is 0 Å². The first-order valence-electron chi connectivity index (χ1n) is 4.68. The maximum absolute atomic E-state index is 11.4. The van der Waals surface area contributed by atoms with E-state index in [1.54, 1.807) is 0 Å². The number of hydrogen-bond donors (Lipinski definition) is 1. The molecule has 0 spiro atoms. The first-order chi connectivity index (χ1) is 5.65. The highest BCUT2D eigenvalue weighted by Gasteiger charge is 2.24. The molecule has 2 unspecified atom stereocenters. The van der Waals surface area contributed by atoms with E-state index in [0.29, 0.717) is 18.5 Å². The van der Waals surface area contributed by atoms with E-state index in [1.165, 1.54) is 0 Å². The van der Waals surface area contributed by atoms with Crippen molar-refractivity contribution in [2.45, 2.75) is 39.3 Å². The molecule has 1 heterocycles. The fourth-order valence-corrected chi connectivity index (χ4v) is 1.57. The lowest BCUT2D eigenvalue weighted by Gasteiger charge is -2.37. The van der Waals surface area contributed by atoms with E-state index < -0.39 is 0 Å². The minimum absolute atomic E-state index is 0.274. The summed E-state index contributed by atoms with van der Waals surface area (Å²) in [5.41, 5.74) is 0. The maximum Gasteiger partial charge on any atom is 0.222 e. The Kier molecular flexibility index (Phi) is 3.09. The van der Waals surface area contributed by atoms with E-state index in [2.05, 4.69) is 19.2 Å². The SMILES string of the molecule is CCC(=O)N1CC(C)NCC1C. The summed E-state index contributed by atoms with van der Waals surface area (Å²) in [5, 5.41) is 3.35. The molecule has 0 aliphatic carbocycles. The molecule has 0 aromatic carbocycles. The van der Waals surface area contributed by atoms with Gasteiger partial charge in [-0.15, -0.1) is 0 Å². The number of carbonyl (C=O) groups excluding carboxylic acids is 1. The molecule has 0 bridgehead atoms. The first kappa shape index (κ1) is 9.52. The third kappa shape index (κ3) is 1.97. The molecule has 3 nitrogen and oxygen atoms in total. The van der Waals surface area contributed by atoms with Crippen LogP contribution in [0.2, 0.25) is 0 Å². The van der Waals surface area contributed by atoms with Gasteiger partial charge in [-0.1, -0.05) is 6.92 Å². The Morgan fingerprint density at radius 3 is 2.83 bits per heavy atom. The first-order valence-corrected chi connectivity index (χ1v) is 4.68. The Bertz CT molecular complexity index is 170. The number of rotatable bonds is 1. The summed E-state index contributed by atoms with van der Waals surface area (Å²) in [4.78, 5) is 13.4. The number of carbonyl (C=O) groups is 1. The van der Waals surface area contributed by atoms with E-state index in [0.717, 1.165) is 13.1 Å². The topological polar surface area (TPSA) is 32.3 Å². The molecule has 3 heteroatoms. The van der Waals surface area contributed by atoms with Gasteiger partial charge in [0.1, 0.15) is 0 Å². The Morgan fingerprint density at radius 1 is 1.58 bits per heavy atom. The van der Waals surface area contributed by atoms with Crippen molar-refractivity contribution in [1.29, 1.82) is 0 Å². The Balaban J connectivity index is 2.54. The second-order valence-corrected chi connectivity index (χ2v) is 3.56. The van der Waals surface area contributed by atoms with Crippen molar-refractivity contribution < 1.29 is 4.79 Å². The third-order valence-corrected chi connectivity index (χ3v) is 2.39. The third-order valence-electron chi connectivity index (χ3n) is 2.39. The minimum atomic E-state index is 0.274. The van der Waals surface area contributed by atoms with Gasteiger partial charge in [0.15, 0.2) is 0 Å². The average Bonchev–Trinajstić information content (AvgIpc) is 2.08. The van der Waals surface area contributed by atoms with E-state index in [1.807, 2.05) is 11.8 Å². The van der Waals surface area contributed by atoms with Crippen LogP contribution in [0.3, 0.4) is 0 Å². The van der Waals surface area contributed by atoms with Crippen LogP contribution in [0.15, 0.2) is 0 Å². The van der Waals surface area contributed by atoms with E-state index in [9.17, 15) is 4.79 Å². The van der Waals surface area contributed by atoms with Crippen LogP contribution >= 0.6 is 0 Å². The van der Waals surface area contributed by atoms with Gasteiger partial charge in [0.05, 0.1) is 0 Å². The monoisotopic (exact) mass is 170 g/mol. The fraction of sp³-hybridized carbons (Fsp3) is 0.889. The van der Waals surface area contributed by atoms with Crippen LogP contribution in [0, 0.1) is 0 Å². The number of nitrogens with one attached hydrogen (secondary N) is 1. The molecule has 12 heavy (non-hydrogen) atoms. The highest BCUT2D eigenvalue weighted by atomic mass is 16.2. The molecule has 0 aromatic heterocycles. The molecule has 0 aromatic rings. The van der Waals surface area contributed by atoms with Gasteiger partial charge in [-0.3, -0.25) is 4.79 Å². The molecule has 1 aliphatic heterocycles. The summed E-state index contributed by atoms with van der Waals surface area (Å²) in [6, 6.07) is 0.797. The average molecular weight is 170 g/mol. The van der Waals surface area contributed by atoms with Crippen molar-refractivity contribution in [1.82, 2.24) is 10.2 Å². The lowest BCUT2D eigenvalue weighted by Crippen LogP contribution is -2.56. The minimum Gasteiger partial charge on any atom is -0.337 e. The Morgan fingerprint density at radius 2 is 2.25 bits per heavy atom. The summed E-state index contributed by atoms with van der Waals surface area (Å²) in [6.07, 6.45) is 0.622. The van der Waals surface area contributed by atoms with Crippen LogP contribution in [-0.4, -0.2) is 36.0 Å². The molecular weight excluding hydrogens is 152 g/mol. The summed E-state index contributed by atoms with van der Waals surface area (Å²) < 4.78 is 0. The predicted molar refractivity (Wildman–Crippen MR) is 48.9 cm³/mol. The largest absolute Gasteiger partial charge is 0.337 e. The van der Waals surface area contributed by atoms with Gasteiger partial charge < -0.3 is 10.2 Å². The summed E-state index contributed by atoms with van der Waals surface area (Å²) in [7, 11) is 0. The van der Waals surface area contributed by atoms with Crippen LogP contribution in [-0.2, 0) is 4.79 Å². The van der Waals surface area contributed by atoms with Gasteiger partial charge in [0.2, 0.25) is 5.91 Å². The van der Waals surface area contributed by atoms with Crippen LogP contribution in [0.4, 0.5) is 0 Å². The van der Waals surface area contributed by atoms with Gasteiger partial charge in [0, 0.05) is 31.6 Å². The Labute approximate surface area is 74.1 Å². The molecule has 1 aliphatic rings. The van der Waals surface area contributed by atoms with Crippen molar-refractivity contribution in [3.8, 4) is 0 Å². The van der Waals surface area contributed by atoms with Gasteiger partial charge in [-0.05, 0) is 13.8 Å². The molecule has 0 saturated carbocycles. The smallest absolute Gasteiger partial charge is 0.222 e. The number of nitrogens with zero attached hydrogens (tertiary/aromatic N) is 1. The van der Waals surface area contributed by atoms with Crippen LogP contribution in [0.5, 0.6) is 0 Å². The molecule has 1 amide bonds. The highest BCUT2D eigenvalue weighted by molar-refractivity contribution is 5.76. The van der Waals surface area contributed by atoms with Gasteiger partial charge in [-0.2, -0.15) is 0 Å². The van der Waals surface area contributed by atoms with Crippen molar-refractivity contribution >= 4 is 5.91 Å². The van der Waals surface area contributed by atoms with Crippen LogP contribution in [0.1, 0.15) is 27.2 Å². The molecule has 70 valence electrons. The number of amides is 1. The zero-order valence-corrected chi connectivity index (χ0v) is 8.13. The Hall–Kier alpha value is -0.570. The van der Waals surface area contributed by atoms with Crippen molar-refractivity contribution in [3.05, 3.63) is 0 Å². The van der Waals surface area contributed by atoms with E-state index >= 15 is 0 Å². The normalized spacial score (nSPS) is 30.4. The molecule has 1 rings (SSSR count). The summed E-state index contributed by atoms with van der Waals surface area (Å²) >= 11 is 0. The van der Waals surface area contributed by atoms with Gasteiger partial charge in [0.25, 0.3) is 0 Å². The molecule has 1 saturated heterocycles. The quantitative estimate of drug-likeness (QED) is 0.625. The molecule has 0 radical (unpaired) electrons. The van der Waals surface area contributed by atoms with Gasteiger partial charge >= 0.3 is 0 Å². The zero-order valence-electron chi connectivity index (χ0n) is 8.13. The second kappa shape index (κ2) is 3.90. The standard InChI is InChI=1S/C9H18N2O/c1-4-9(12)11-6-7(2)10-5-8(11)3/h7-8,10H,4-6H2,1-3H3.